The molecule has 3 rings (SSSR count). The first kappa shape index (κ1) is 14.1. The molecule has 2 aromatic carbocycles. The van der Waals surface area contributed by atoms with E-state index < -0.39 is 4.92 Å². The average molecular weight is 343 g/mol. The Balaban J connectivity index is 2.16. The van der Waals surface area contributed by atoms with Gasteiger partial charge in [0.1, 0.15) is 10.8 Å². The molecule has 1 heterocycles. The largest absolute Gasteiger partial charge is 0.338 e. The molecule has 3 aromatic rings. The summed E-state index contributed by atoms with van der Waals surface area (Å²) in [5.41, 5.74) is 1.69. The van der Waals surface area contributed by atoms with E-state index in [9.17, 15) is 10.1 Å². The minimum Gasteiger partial charge on any atom is -0.338 e. The fraction of sp³-hybridized carbons (Fsp3) is 0. The first-order valence-corrected chi connectivity index (χ1v) is 6.88. The van der Waals surface area contributed by atoms with E-state index >= 15 is 0 Å². The van der Waals surface area contributed by atoms with Gasteiger partial charge in [0.25, 0.3) is 5.69 Å². The first-order valence-electron chi connectivity index (χ1n) is 5.75. The van der Waals surface area contributed by atoms with Crippen LogP contribution in [0.4, 0.5) is 5.69 Å². The number of imidazole rings is 1. The van der Waals surface area contributed by atoms with Crippen molar-refractivity contribution >= 4 is 51.5 Å². The number of H-pyrrole nitrogens is 1. The summed E-state index contributed by atoms with van der Waals surface area (Å²) >= 11 is 17.7. The fourth-order valence-corrected chi connectivity index (χ4v) is 2.45. The van der Waals surface area contributed by atoms with Crippen LogP contribution in [0.25, 0.3) is 22.4 Å². The molecule has 0 bridgehead atoms. The molecule has 0 amide bonds. The predicted octanol–water partition coefficient (Wildman–Crippen LogP) is 5.10. The molecule has 106 valence electrons. The molecule has 0 atom stereocenters. The maximum absolute atomic E-state index is 10.9. The van der Waals surface area contributed by atoms with Crippen molar-refractivity contribution < 1.29 is 4.92 Å². The summed E-state index contributed by atoms with van der Waals surface area (Å²) in [6, 6.07) is 7.76. The maximum Gasteiger partial charge on any atom is 0.288 e. The Hall–Kier alpha value is -1.82. The molecule has 0 fully saturated rings. The molecular formula is C13H6Cl3N3O2. The number of rotatable bonds is 2. The van der Waals surface area contributed by atoms with Crippen molar-refractivity contribution in [1.29, 1.82) is 0 Å². The molecule has 8 heteroatoms. The minimum atomic E-state index is -0.539. The number of aromatic nitrogens is 2. The lowest BCUT2D eigenvalue weighted by Crippen LogP contribution is -1.90. The molecule has 0 aliphatic heterocycles. The third-order valence-corrected chi connectivity index (χ3v) is 3.98. The normalized spacial score (nSPS) is 11.0. The third kappa shape index (κ3) is 2.55. The van der Waals surface area contributed by atoms with Gasteiger partial charge in [0.15, 0.2) is 0 Å². The summed E-state index contributed by atoms with van der Waals surface area (Å²) in [6.45, 7) is 0. The zero-order valence-electron chi connectivity index (χ0n) is 10.2. The summed E-state index contributed by atoms with van der Waals surface area (Å²) in [5.74, 6) is 0.475. The van der Waals surface area contributed by atoms with Crippen molar-refractivity contribution in [2.24, 2.45) is 0 Å². The Labute approximate surface area is 133 Å². The number of nitro groups is 1. The summed E-state index contributed by atoms with van der Waals surface area (Å²) in [7, 11) is 0. The predicted molar refractivity (Wildman–Crippen MR) is 83.2 cm³/mol. The Kier molecular flexibility index (Phi) is 3.49. The van der Waals surface area contributed by atoms with E-state index in [-0.39, 0.29) is 10.7 Å². The van der Waals surface area contributed by atoms with Crippen molar-refractivity contribution in [2.45, 2.75) is 0 Å². The topological polar surface area (TPSA) is 71.8 Å². The number of halogens is 3. The van der Waals surface area contributed by atoms with Crippen LogP contribution in [0.5, 0.6) is 0 Å². The van der Waals surface area contributed by atoms with E-state index in [0.29, 0.717) is 32.5 Å². The van der Waals surface area contributed by atoms with Gasteiger partial charge in [0.05, 0.1) is 26.0 Å². The summed E-state index contributed by atoms with van der Waals surface area (Å²) < 4.78 is 0. The van der Waals surface area contributed by atoms with Crippen LogP contribution >= 0.6 is 34.8 Å². The lowest BCUT2D eigenvalue weighted by atomic mass is 10.2. The maximum atomic E-state index is 10.9. The molecule has 0 unspecified atom stereocenters. The molecule has 0 spiro atoms. The number of nitro benzene ring substituents is 1. The molecule has 0 saturated heterocycles. The van der Waals surface area contributed by atoms with E-state index in [1.165, 1.54) is 12.1 Å². The summed E-state index contributed by atoms with van der Waals surface area (Å²) in [4.78, 5) is 17.8. The van der Waals surface area contributed by atoms with Gasteiger partial charge in [0.2, 0.25) is 0 Å². The number of nitrogens with zero attached hydrogens (tertiary/aromatic N) is 2. The van der Waals surface area contributed by atoms with Gasteiger partial charge in [-0.2, -0.15) is 0 Å². The smallest absolute Gasteiger partial charge is 0.288 e. The molecular weight excluding hydrogens is 337 g/mol. The zero-order chi connectivity index (χ0) is 15.1. The lowest BCUT2D eigenvalue weighted by molar-refractivity contribution is -0.384. The van der Waals surface area contributed by atoms with Crippen LogP contribution in [0, 0.1) is 10.1 Å². The van der Waals surface area contributed by atoms with Gasteiger partial charge in [-0.1, -0.05) is 34.8 Å². The third-order valence-electron chi connectivity index (χ3n) is 2.94. The second-order valence-corrected chi connectivity index (χ2v) is 5.51. The summed E-state index contributed by atoms with van der Waals surface area (Å²) in [6.07, 6.45) is 0. The fourth-order valence-electron chi connectivity index (χ4n) is 1.94. The zero-order valence-corrected chi connectivity index (χ0v) is 12.5. The number of fused-ring (bicyclic) bond motifs is 1. The van der Waals surface area contributed by atoms with Gasteiger partial charge in [0, 0.05) is 11.6 Å². The van der Waals surface area contributed by atoms with Crippen molar-refractivity contribution in [3.8, 4) is 11.4 Å². The van der Waals surface area contributed by atoms with E-state index in [1.54, 1.807) is 18.2 Å². The number of benzene rings is 2. The highest BCUT2D eigenvalue weighted by Gasteiger charge is 2.15. The number of hydrogen-bond donors (Lipinski definition) is 1. The molecule has 0 aliphatic rings. The molecule has 5 nitrogen and oxygen atoms in total. The highest BCUT2D eigenvalue weighted by molar-refractivity contribution is 6.42. The van der Waals surface area contributed by atoms with Gasteiger partial charge in [-0.15, -0.1) is 0 Å². The molecule has 0 saturated carbocycles. The Morgan fingerprint density at radius 3 is 2.48 bits per heavy atom. The minimum absolute atomic E-state index is 0.0750. The number of nitrogens with one attached hydrogen (secondary N) is 1. The SMILES string of the molecule is O=[N+]([O-])c1cc(-c2nc3cc(Cl)c(Cl)cc3[nH]2)ccc1Cl. The van der Waals surface area contributed by atoms with Gasteiger partial charge >= 0.3 is 0 Å². The van der Waals surface area contributed by atoms with Crippen LogP contribution in [0.2, 0.25) is 15.1 Å². The highest BCUT2D eigenvalue weighted by Crippen LogP contribution is 2.32. The monoisotopic (exact) mass is 341 g/mol. The average Bonchev–Trinajstić information content (AvgIpc) is 2.82. The molecule has 0 radical (unpaired) electrons. The van der Waals surface area contributed by atoms with Gasteiger partial charge in [-0.3, -0.25) is 10.1 Å². The quantitative estimate of drug-likeness (QED) is 0.520. The van der Waals surface area contributed by atoms with E-state index in [4.69, 9.17) is 34.8 Å². The van der Waals surface area contributed by atoms with Crippen LogP contribution in [0.1, 0.15) is 0 Å². The summed E-state index contributed by atoms with van der Waals surface area (Å²) in [5, 5.41) is 11.8. The highest BCUT2D eigenvalue weighted by atomic mass is 35.5. The lowest BCUT2D eigenvalue weighted by Gasteiger charge is -1.98. The molecule has 21 heavy (non-hydrogen) atoms. The van der Waals surface area contributed by atoms with Crippen molar-refractivity contribution in [2.75, 3.05) is 0 Å². The second kappa shape index (κ2) is 5.18. The first-order chi connectivity index (χ1) is 9.95. The number of hydrogen-bond acceptors (Lipinski definition) is 3. The number of aromatic amines is 1. The Bertz CT molecular complexity index is 837. The van der Waals surface area contributed by atoms with E-state index in [0.717, 1.165) is 0 Å². The van der Waals surface area contributed by atoms with Crippen LogP contribution in [-0.2, 0) is 0 Å². The van der Waals surface area contributed by atoms with E-state index in [1.807, 2.05) is 0 Å². The van der Waals surface area contributed by atoms with Gasteiger partial charge in [-0.25, -0.2) is 4.98 Å². The van der Waals surface area contributed by atoms with Crippen molar-refractivity contribution in [3.05, 3.63) is 55.5 Å². The van der Waals surface area contributed by atoms with Crippen LogP contribution in [0.15, 0.2) is 30.3 Å². The van der Waals surface area contributed by atoms with Gasteiger partial charge < -0.3 is 4.98 Å². The van der Waals surface area contributed by atoms with Crippen LogP contribution < -0.4 is 0 Å². The van der Waals surface area contributed by atoms with Crippen molar-refractivity contribution in [3.63, 3.8) is 0 Å². The van der Waals surface area contributed by atoms with E-state index in [2.05, 4.69) is 9.97 Å². The molecule has 0 aliphatic carbocycles. The molecule has 1 N–H and O–H groups in total. The Morgan fingerprint density at radius 2 is 1.76 bits per heavy atom. The Morgan fingerprint density at radius 1 is 1.05 bits per heavy atom. The van der Waals surface area contributed by atoms with Crippen LogP contribution in [-0.4, -0.2) is 14.9 Å². The molecule has 1 aromatic heterocycles. The standard InChI is InChI=1S/C13H6Cl3N3O2/c14-7-2-1-6(3-12(7)19(20)21)13-17-10-4-8(15)9(16)5-11(10)18-13/h1-5H,(H,17,18). The van der Waals surface area contributed by atoms with Gasteiger partial charge in [-0.05, 0) is 24.3 Å². The van der Waals surface area contributed by atoms with Crippen LogP contribution in [0.3, 0.4) is 0 Å². The van der Waals surface area contributed by atoms with Crippen molar-refractivity contribution in [1.82, 2.24) is 9.97 Å². The second-order valence-electron chi connectivity index (χ2n) is 4.29.